The van der Waals surface area contributed by atoms with Crippen LogP contribution in [-0.4, -0.2) is 46.9 Å². The zero-order chi connectivity index (χ0) is 18.8. The third-order valence-electron chi connectivity index (χ3n) is 4.96. The van der Waals surface area contributed by atoms with Gasteiger partial charge in [0.2, 0.25) is 0 Å². The molecule has 0 saturated carbocycles. The summed E-state index contributed by atoms with van der Waals surface area (Å²) in [5.74, 6) is 0.0637. The number of aromatic nitrogens is 1. The van der Waals surface area contributed by atoms with Crippen LogP contribution in [0, 0.1) is 0 Å². The number of fused-ring (bicyclic) bond motifs is 1. The van der Waals surface area contributed by atoms with Gasteiger partial charge in [0.1, 0.15) is 0 Å². The highest BCUT2D eigenvalue weighted by Gasteiger charge is 2.23. The molecule has 0 radical (unpaired) electrons. The Morgan fingerprint density at radius 1 is 0.926 bits per heavy atom. The van der Waals surface area contributed by atoms with Crippen molar-refractivity contribution in [3.05, 3.63) is 83.5 Å². The highest BCUT2D eigenvalue weighted by Crippen LogP contribution is 2.23. The molecule has 4 nitrogen and oxygen atoms in total. The van der Waals surface area contributed by atoms with E-state index in [0.717, 1.165) is 35.3 Å². The molecule has 2 aromatic carbocycles. The van der Waals surface area contributed by atoms with Gasteiger partial charge >= 0.3 is 0 Å². The summed E-state index contributed by atoms with van der Waals surface area (Å²) in [7, 11) is 0. The average molecular weight is 378 g/mol. The molecule has 0 atom stereocenters. The number of carbonyl (C=O) groups is 1. The van der Waals surface area contributed by atoms with E-state index in [9.17, 15) is 4.79 Å². The molecule has 1 aliphatic rings. The molecule has 2 heterocycles. The number of rotatable bonds is 3. The lowest BCUT2D eigenvalue weighted by atomic mass is 10.1. The van der Waals surface area contributed by atoms with Crippen LogP contribution in [0.15, 0.2) is 67.4 Å². The lowest BCUT2D eigenvalue weighted by Gasteiger charge is -2.37. The van der Waals surface area contributed by atoms with Crippen molar-refractivity contribution in [2.24, 2.45) is 0 Å². The van der Waals surface area contributed by atoms with Crippen LogP contribution < -0.4 is 0 Å². The van der Waals surface area contributed by atoms with E-state index in [2.05, 4.69) is 16.5 Å². The van der Waals surface area contributed by atoms with E-state index in [4.69, 9.17) is 11.6 Å². The molecule has 5 heteroatoms. The number of nitrogens with zero attached hydrogens (tertiary/aromatic N) is 3. The molecular weight excluding hydrogens is 358 g/mol. The number of halogens is 1. The monoisotopic (exact) mass is 377 g/mol. The summed E-state index contributed by atoms with van der Waals surface area (Å²) >= 11 is 6.08. The Labute approximate surface area is 163 Å². The van der Waals surface area contributed by atoms with Gasteiger partial charge in [0.15, 0.2) is 0 Å². The first-order chi connectivity index (χ1) is 13.1. The van der Waals surface area contributed by atoms with Crippen LogP contribution in [0.2, 0.25) is 5.02 Å². The Balaban J connectivity index is 1.43. The zero-order valence-corrected chi connectivity index (χ0v) is 15.7. The molecule has 0 aliphatic carbocycles. The van der Waals surface area contributed by atoms with Crippen LogP contribution >= 0.6 is 11.6 Å². The number of benzene rings is 2. The van der Waals surface area contributed by atoms with Gasteiger partial charge in [-0.15, -0.1) is 0 Å². The third-order valence-corrected chi connectivity index (χ3v) is 5.19. The largest absolute Gasteiger partial charge is 0.368 e. The molecule has 1 fully saturated rings. The van der Waals surface area contributed by atoms with Crippen LogP contribution in [0.3, 0.4) is 0 Å². The summed E-state index contributed by atoms with van der Waals surface area (Å²) in [5, 5.41) is 1.68. The van der Waals surface area contributed by atoms with E-state index in [-0.39, 0.29) is 5.91 Å². The minimum atomic E-state index is 0.0637. The Bertz CT molecular complexity index is 1010. The van der Waals surface area contributed by atoms with E-state index < -0.39 is 0 Å². The molecule has 0 bridgehead atoms. The summed E-state index contributed by atoms with van der Waals surface area (Å²) in [6, 6.07) is 17.3. The lowest BCUT2D eigenvalue weighted by Crippen LogP contribution is -2.47. The molecule has 0 N–H and O–H groups in total. The number of hydrogen-bond acceptors (Lipinski definition) is 3. The smallest absolute Gasteiger partial charge is 0.253 e. The van der Waals surface area contributed by atoms with Gasteiger partial charge in [-0.3, -0.25) is 9.78 Å². The van der Waals surface area contributed by atoms with Crippen LogP contribution in [0.1, 0.15) is 15.9 Å². The Morgan fingerprint density at radius 3 is 2.48 bits per heavy atom. The van der Waals surface area contributed by atoms with Crippen LogP contribution in [0.25, 0.3) is 16.6 Å². The van der Waals surface area contributed by atoms with Crippen LogP contribution in [0.4, 0.5) is 0 Å². The summed E-state index contributed by atoms with van der Waals surface area (Å²) in [4.78, 5) is 21.3. The first-order valence-corrected chi connectivity index (χ1v) is 9.33. The van der Waals surface area contributed by atoms with E-state index >= 15 is 0 Å². The first kappa shape index (κ1) is 17.6. The van der Waals surface area contributed by atoms with Gasteiger partial charge in [0.05, 0.1) is 5.52 Å². The molecule has 1 saturated heterocycles. The molecule has 27 heavy (non-hydrogen) atoms. The third kappa shape index (κ3) is 3.67. The fourth-order valence-electron chi connectivity index (χ4n) is 3.42. The second-order valence-corrected chi connectivity index (χ2v) is 7.08. The van der Waals surface area contributed by atoms with Gasteiger partial charge in [0, 0.05) is 54.0 Å². The van der Waals surface area contributed by atoms with Gasteiger partial charge in [-0.25, -0.2) is 0 Å². The summed E-state index contributed by atoms with van der Waals surface area (Å²) in [6.45, 7) is 7.06. The lowest BCUT2D eigenvalue weighted by molar-refractivity contribution is 0.0686. The highest BCUT2D eigenvalue weighted by molar-refractivity contribution is 6.30. The fourth-order valence-corrected chi connectivity index (χ4v) is 3.61. The maximum atomic E-state index is 12.9. The van der Waals surface area contributed by atoms with Crippen molar-refractivity contribution in [3.8, 4) is 0 Å². The topological polar surface area (TPSA) is 36.4 Å². The number of hydrogen-bond donors (Lipinski definition) is 0. The molecule has 4 rings (SSSR count). The molecule has 3 aromatic rings. The normalized spacial score (nSPS) is 14.4. The van der Waals surface area contributed by atoms with E-state index in [0.29, 0.717) is 23.7 Å². The van der Waals surface area contributed by atoms with Gasteiger partial charge < -0.3 is 9.80 Å². The molecule has 1 aromatic heterocycles. The maximum Gasteiger partial charge on any atom is 0.253 e. The Kier molecular flexibility index (Phi) is 4.82. The maximum absolute atomic E-state index is 12.9. The molecule has 1 amide bonds. The van der Waals surface area contributed by atoms with Crippen molar-refractivity contribution in [1.82, 2.24) is 14.8 Å². The van der Waals surface area contributed by atoms with E-state index in [1.165, 1.54) is 0 Å². The quantitative estimate of drug-likeness (QED) is 0.682. The predicted molar refractivity (Wildman–Crippen MR) is 110 cm³/mol. The first-order valence-electron chi connectivity index (χ1n) is 8.96. The van der Waals surface area contributed by atoms with Crippen molar-refractivity contribution in [1.29, 1.82) is 0 Å². The van der Waals surface area contributed by atoms with Gasteiger partial charge in [-0.05, 0) is 42.0 Å². The second kappa shape index (κ2) is 7.41. The number of pyridine rings is 1. The zero-order valence-electron chi connectivity index (χ0n) is 14.9. The van der Waals surface area contributed by atoms with Gasteiger partial charge in [0.25, 0.3) is 5.91 Å². The van der Waals surface area contributed by atoms with Crippen molar-refractivity contribution < 1.29 is 4.79 Å². The van der Waals surface area contributed by atoms with Crippen molar-refractivity contribution >= 4 is 34.1 Å². The van der Waals surface area contributed by atoms with Crippen LogP contribution in [-0.2, 0) is 0 Å². The summed E-state index contributed by atoms with van der Waals surface area (Å²) in [6.07, 6.45) is 1.76. The van der Waals surface area contributed by atoms with E-state index in [1.807, 2.05) is 59.5 Å². The van der Waals surface area contributed by atoms with Crippen molar-refractivity contribution in [2.45, 2.75) is 0 Å². The minimum absolute atomic E-state index is 0.0637. The Hall–Kier alpha value is -2.85. The molecule has 1 aliphatic heterocycles. The number of piperazine rings is 1. The standard InChI is InChI=1S/C22H20ClN3O/c1-16(17-4-2-6-20(23)15-17)25-10-12-26(13-11-25)22(27)19-7-8-21-18(14-19)5-3-9-24-21/h2-9,14-15H,1,10-13H2. The fraction of sp³-hybridized carbons (Fsp3) is 0.182. The second-order valence-electron chi connectivity index (χ2n) is 6.65. The average Bonchev–Trinajstić information content (AvgIpc) is 2.72. The van der Waals surface area contributed by atoms with E-state index in [1.54, 1.807) is 6.20 Å². The van der Waals surface area contributed by atoms with Gasteiger partial charge in [-0.2, -0.15) is 0 Å². The molecule has 0 spiro atoms. The molecule has 0 unspecified atom stereocenters. The van der Waals surface area contributed by atoms with Crippen LogP contribution in [0.5, 0.6) is 0 Å². The van der Waals surface area contributed by atoms with Crippen molar-refractivity contribution in [3.63, 3.8) is 0 Å². The van der Waals surface area contributed by atoms with Gasteiger partial charge in [-0.1, -0.05) is 36.4 Å². The molecular formula is C22H20ClN3O. The summed E-state index contributed by atoms with van der Waals surface area (Å²) < 4.78 is 0. The predicted octanol–water partition coefficient (Wildman–Crippen LogP) is 4.32. The Morgan fingerprint density at radius 2 is 1.70 bits per heavy atom. The number of carbonyl (C=O) groups excluding carboxylic acids is 1. The SMILES string of the molecule is C=C(c1cccc(Cl)c1)N1CCN(C(=O)c2ccc3ncccc3c2)CC1. The van der Waals surface area contributed by atoms with Crippen molar-refractivity contribution in [2.75, 3.05) is 26.2 Å². The minimum Gasteiger partial charge on any atom is -0.368 e. The molecule has 136 valence electrons. The summed E-state index contributed by atoms with van der Waals surface area (Å²) in [5.41, 5.74) is 3.57. The highest BCUT2D eigenvalue weighted by atomic mass is 35.5. The number of amides is 1.